The van der Waals surface area contributed by atoms with E-state index in [0.29, 0.717) is 38.9 Å². The smallest absolute Gasteiger partial charge is 0.266 e. The fraction of sp³-hybridized carbons (Fsp3) is 0.286. The van der Waals surface area contributed by atoms with Gasteiger partial charge in [-0.1, -0.05) is 23.7 Å². The van der Waals surface area contributed by atoms with E-state index in [9.17, 15) is 15.0 Å². The van der Waals surface area contributed by atoms with E-state index < -0.39 is 5.60 Å². The van der Waals surface area contributed by atoms with Crippen LogP contribution in [0.25, 0.3) is 10.9 Å². The predicted octanol–water partition coefficient (Wildman–Crippen LogP) is 3.97. The van der Waals surface area contributed by atoms with Crippen LogP contribution in [-0.4, -0.2) is 67.9 Å². The summed E-state index contributed by atoms with van der Waals surface area (Å²) in [7, 11) is 0. The fourth-order valence-corrected chi connectivity index (χ4v) is 4.22. The van der Waals surface area contributed by atoms with Crippen molar-refractivity contribution in [3.8, 4) is 11.5 Å². The van der Waals surface area contributed by atoms with Crippen molar-refractivity contribution in [3.63, 3.8) is 0 Å². The van der Waals surface area contributed by atoms with Gasteiger partial charge < -0.3 is 29.9 Å². The van der Waals surface area contributed by atoms with E-state index in [2.05, 4.69) is 20.3 Å². The number of amides is 1. The molecule has 0 bridgehead atoms. The number of carbonyl (C=O) groups excluding carboxylic acids is 1. The molecule has 0 unspecified atom stereocenters. The van der Waals surface area contributed by atoms with Crippen LogP contribution in [0.4, 0.5) is 11.5 Å². The van der Waals surface area contributed by atoms with E-state index in [1.807, 2.05) is 30.3 Å². The highest BCUT2D eigenvalue weighted by molar-refractivity contribution is 6.32. The van der Waals surface area contributed by atoms with Gasteiger partial charge in [0.05, 0.1) is 34.8 Å². The predicted molar refractivity (Wildman–Crippen MR) is 148 cm³/mol. The van der Waals surface area contributed by atoms with Gasteiger partial charge in [0.1, 0.15) is 30.3 Å². The molecule has 2 aromatic heterocycles. The second-order valence-electron chi connectivity index (χ2n) is 9.10. The lowest BCUT2D eigenvalue weighted by atomic mass is 10.1. The molecule has 4 aromatic rings. The minimum Gasteiger partial charge on any atom is -0.486 e. The molecule has 1 amide bonds. The lowest BCUT2D eigenvalue weighted by Crippen LogP contribution is -2.50. The Hall–Kier alpha value is -3.99. The summed E-state index contributed by atoms with van der Waals surface area (Å²) in [6.45, 7) is 3.26. The van der Waals surface area contributed by atoms with E-state index in [4.69, 9.17) is 21.1 Å². The van der Waals surface area contributed by atoms with Crippen molar-refractivity contribution in [3.05, 3.63) is 77.8 Å². The minimum absolute atomic E-state index is 0.0833. The van der Waals surface area contributed by atoms with Crippen molar-refractivity contribution in [2.75, 3.05) is 31.6 Å². The van der Waals surface area contributed by atoms with Gasteiger partial charge in [-0.15, -0.1) is 0 Å². The first-order chi connectivity index (χ1) is 18.8. The van der Waals surface area contributed by atoms with Crippen LogP contribution in [0, 0.1) is 0 Å². The second kappa shape index (κ2) is 12.7. The molecule has 0 saturated carbocycles. The molecule has 2 heterocycles. The van der Waals surface area contributed by atoms with Crippen LogP contribution in [0.1, 0.15) is 19.5 Å². The first-order valence-electron chi connectivity index (χ1n) is 12.4. The average Bonchev–Trinajstić information content (AvgIpc) is 2.92. The zero-order valence-corrected chi connectivity index (χ0v) is 22.4. The van der Waals surface area contributed by atoms with E-state index in [1.165, 1.54) is 11.2 Å². The molecule has 0 radical (unpaired) electrons. The molecule has 2 aromatic carbocycles. The summed E-state index contributed by atoms with van der Waals surface area (Å²) in [5, 5.41) is 22.9. The Balaban J connectivity index is 1.58. The molecular weight excluding hydrogens is 522 g/mol. The van der Waals surface area contributed by atoms with Crippen molar-refractivity contribution in [1.82, 2.24) is 19.9 Å². The van der Waals surface area contributed by atoms with Gasteiger partial charge in [0.2, 0.25) is 0 Å². The molecule has 204 valence electrons. The van der Waals surface area contributed by atoms with Crippen LogP contribution in [0.2, 0.25) is 5.02 Å². The number of hydrogen-bond donors (Lipinski definition) is 3. The fourth-order valence-electron chi connectivity index (χ4n) is 3.98. The standard InChI is InChI=1S/C28H30ClN5O5/c1-28(2,27(37)34(12-14-35)13-15-36)39-24-8-5-7-22-25(24)26(32-18-31-22)33-19-9-10-23(21(29)16-19)38-17-20-6-3-4-11-30-20/h3-11,16,18,35-36H,12-15,17H2,1-2H3,(H,31,32,33). The molecule has 39 heavy (non-hydrogen) atoms. The minimum atomic E-state index is -1.30. The SMILES string of the molecule is CC(C)(Oc1cccc2ncnc(Nc3ccc(OCc4ccccn4)c(Cl)c3)c12)C(=O)N(CCO)CCO. The van der Waals surface area contributed by atoms with Crippen LogP contribution >= 0.6 is 11.6 Å². The summed E-state index contributed by atoms with van der Waals surface area (Å²) in [6.07, 6.45) is 3.13. The summed E-state index contributed by atoms with van der Waals surface area (Å²) in [6, 6.07) is 16.2. The highest BCUT2D eigenvalue weighted by Crippen LogP contribution is 2.35. The van der Waals surface area contributed by atoms with Crippen LogP contribution in [0.5, 0.6) is 11.5 Å². The molecule has 0 aliphatic heterocycles. The van der Waals surface area contributed by atoms with Gasteiger partial charge in [0.15, 0.2) is 5.60 Å². The Bertz CT molecular complexity index is 1410. The Morgan fingerprint density at radius 1 is 1.00 bits per heavy atom. The third-order valence-corrected chi connectivity index (χ3v) is 6.12. The Kier molecular flexibility index (Phi) is 9.13. The van der Waals surface area contributed by atoms with Crippen molar-refractivity contribution in [2.24, 2.45) is 0 Å². The number of fused-ring (bicyclic) bond motifs is 1. The number of rotatable bonds is 12. The number of nitrogens with zero attached hydrogens (tertiary/aromatic N) is 4. The van der Waals surface area contributed by atoms with Crippen LogP contribution in [0.3, 0.4) is 0 Å². The van der Waals surface area contributed by atoms with E-state index in [0.717, 1.165) is 5.69 Å². The number of benzene rings is 2. The third-order valence-electron chi connectivity index (χ3n) is 5.83. The largest absolute Gasteiger partial charge is 0.486 e. The Morgan fingerprint density at radius 2 is 1.79 bits per heavy atom. The van der Waals surface area contributed by atoms with Crippen molar-refractivity contribution >= 4 is 39.9 Å². The van der Waals surface area contributed by atoms with Gasteiger partial charge >= 0.3 is 0 Å². The summed E-state index contributed by atoms with van der Waals surface area (Å²) in [5.74, 6) is 0.991. The number of aliphatic hydroxyl groups is 2. The maximum atomic E-state index is 13.2. The molecule has 11 heteroatoms. The van der Waals surface area contributed by atoms with Crippen molar-refractivity contribution < 1.29 is 24.5 Å². The summed E-state index contributed by atoms with van der Waals surface area (Å²) in [4.78, 5) is 27.5. The number of aromatic nitrogens is 3. The number of nitrogens with one attached hydrogen (secondary N) is 1. The molecule has 0 aliphatic carbocycles. The third kappa shape index (κ3) is 6.91. The number of hydrogen-bond acceptors (Lipinski definition) is 9. The maximum absolute atomic E-state index is 13.2. The molecule has 3 N–H and O–H groups in total. The number of aliphatic hydroxyl groups excluding tert-OH is 2. The van der Waals surface area contributed by atoms with Gasteiger partial charge in [-0.25, -0.2) is 9.97 Å². The zero-order chi connectivity index (χ0) is 27.8. The van der Waals surface area contributed by atoms with Crippen LogP contribution < -0.4 is 14.8 Å². The summed E-state index contributed by atoms with van der Waals surface area (Å²) < 4.78 is 12.0. The van der Waals surface area contributed by atoms with E-state index >= 15 is 0 Å². The molecule has 0 atom stereocenters. The van der Waals surface area contributed by atoms with Crippen LogP contribution in [-0.2, 0) is 11.4 Å². The number of ether oxygens (including phenoxy) is 2. The van der Waals surface area contributed by atoms with E-state index in [-0.39, 0.29) is 38.8 Å². The van der Waals surface area contributed by atoms with Crippen molar-refractivity contribution in [1.29, 1.82) is 0 Å². The van der Waals surface area contributed by atoms with Crippen molar-refractivity contribution in [2.45, 2.75) is 26.1 Å². The lowest BCUT2D eigenvalue weighted by molar-refractivity contribution is -0.146. The number of carbonyl (C=O) groups is 1. The van der Waals surface area contributed by atoms with Gasteiger partial charge in [0.25, 0.3) is 5.91 Å². The zero-order valence-electron chi connectivity index (χ0n) is 21.7. The first-order valence-corrected chi connectivity index (χ1v) is 12.7. The Labute approximate surface area is 231 Å². The molecule has 0 spiro atoms. The second-order valence-corrected chi connectivity index (χ2v) is 9.51. The van der Waals surface area contributed by atoms with E-state index in [1.54, 1.807) is 44.3 Å². The molecule has 10 nitrogen and oxygen atoms in total. The van der Waals surface area contributed by atoms with Gasteiger partial charge in [-0.3, -0.25) is 9.78 Å². The lowest BCUT2D eigenvalue weighted by Gasteiger charge is -2.32. The quantitative estimate of drug-likeness (QED) is 0.239. The summed E-state index contributed by atoms with van der Waals surface area (Å²) >= 11 is 6.49. The number of halogens is 1. The molecule has 4 rings (SSSR count). The normalized spacial score (nSPS) is 11.3. The number of pyridine rings is 1. The van der Waals surface area contributed by atoms with Gasteiger partial charge in [-0.2, -0.15) is 0 Å². The molecule has 0 fully saturated rings. The topological polar surface area (TPSA) is 130 Å². The molecular formula is C28H30ClN5O5. The number of anilines is 2. The molecule has 0 saturated heterocycles. The van der Waals surface area contributed by atoms with Crippen LogP contribution in [0.15, 0.2) is 67.1 Å². The molecule has 0 aliphatic rings. The maximum Gasteiger partial charge on any atom is 0.266 e. The Morgan fingerprint density at radius 3 is 2.49 bits per heavy atom. The summed E-state index contributed by atoms with van der Waals surface area (Å²) in [5.41, 5.74) is 0.749. The average molecular weight is 552 g/mol. The first kappa shape index (κ1) is 28.0. The monoisotopic (exact) mass is 551 g/mol. The highest BCUT2D eigenvalue weighted by atomic mass is 35.5. The highest BCUT2D eigenvalue weighted by Gasteiger charge is 2.34. The van der Waals surface area contributed by atoms with Gasteiger partial charge in [-0.05, 0) is 56.3 Å². The van der Waals surface area contributed by atoms with Gasteiger partial charge in [0, 0.05) is 25.0 Å².